The standard InChI is InChI=1S/C23H16Cl2F4N8/c24-17-4-2-1-3-14(17)12-32-37-22-35-20(31-11-13-5-8-19(25)30-10-13)34-21(36-22)33-15-6-7-18(26)16(9-15)23(27,28)29/h1-10H,11-12H2,(H2,31,33,34,35,36). The smallest absolute Gasteiger partial charge is 0.350 e. The van der Waals surface area contributed by atoms with Crippen LogP contribution in [0.25, 0.3) is 0 Å². The Labute approximate surface area is 217 Å². The molecule has 0 aliphatic rings. The maximum absolute atomic E-state index is 13.7. The fourth-order valence-corrected chi connectivity index (χ4v) is 3.29. The van der Waals surface area contributed by atoms with Crippen LogP contribution in [0.2, 0.25) is 10.2 Å². The molecule has 0 saturated heterocycles. The second kappa shape index (κ2) is 11.4. The van der Waals surface area contributed by atoms with Gasteiger partial charge in [0.2, 0.25) is 11.9 Å². The highest BCUT2D eigenvalue weighted by Crippen LogP contribution is 2.33. The minimum absolute atomic E-state index is 0.0531. The van der Waals surface area contributed by atoms with Crippen molar-refractivity contribution in [1.29, 1.82) is 0 Å². The van der Waals surface area contributed by atoms with Crippen LogP contribution >= 0.6 is 23.2 Å². The van der Waals surface area contributed by atoms with Crippen LogP contribution in [0.4, 0.5) is 41.1 Å². The second-order valence-corrected chi connectivity index (χ2v) is 8.23. The monoisotopic (exact) mass is 550 g/mol. The Kier molecular flexibility index (Phi) is 8.09. The lowest BCUT2D eigenvalue weighted by Crippen LogP contribution is -2.10. The zero-order valence-corrected chi connectivity index (χ0v) is 20.2. The summed E-state index contributed by atoms with van der Waals surface area (Å²) >= 11 is 11.9. The molecule has 14 heteroatoms. The van der Waals surface area contributed by atoms with E-state index in [4.69, 9.17) is 23.2 Å². The molecule has 190 valence electrons. The van der Waals surface area contributed by atoms with Crippen molar-refractivity contribution in [2.45, 2.75) is 19.3 Å². The fraction of sp³-hybridized carbons (Fsp3) is 0.130. The van der Waals surface area contributed by atoms with Crippen molar-refractivity contribution in [3.63, 3.8) is 0 Å². The lowest BCUT2D eigenvalue weighted by atomic mass is 10.2. The molecule has 0 unspecified atom stereocenters. The summed E-state index contributed by atoms with van der Waals surface area (Å²) < 4.78 is 53.0. The van der Waals surface area contributed by atoms with Crippen LogP contribution in [-0.2, 0) is 19.3 Å². The SMILES string of the molecule is Fc1ccc(Nc2nc(N=NCc3ccccc3Cl)nc(NCc3ccc(Cl)nc3)n2)cc1C(F)(F)F. The zero-order valence-electron chi connectivity index (χ0n) is 18.6. The molecule has 2 aromatic heterocycles. The van der Waals surface area contributed by atoms with Gasteiger partial charge < -0.3 is 10.6 Å². The average Bonchev–Trinajstić information content (AvgIpc) is 2.85. The Morgan fingerprint density at radius 3 is 2.43 bits per heavy atom. The van der Waals surface area contributed by atoms with Gasteiger partial charge in [0.15, 0.2) is 0 Å². The number of aromatic nitrogens is 4. The van der Waals surface area contributed by atoms with E-state index < -0.39 is 17.6 Å². The third-order valence-electron chi connectivity index (χ3n) is 4.75. The highest BCUT2D eigenvalue weighted by Gasteiger charge is 2.34. The molecule has 4 rings (SSSR count). The molecular weight excluding hydrogens is 535 g/mol. The van der Waals surface area contributed by atoms with Crippen molar-refractivity contribution in [2.75, 3.05) is 10.6 Å². The van der Waals surface area contributed by atoms with Gasteiger partial charge in [-0.15, -0.1) is 5.11 Å². The summed E-state index contributed by atoms with van der Waals surface area (Å²) in [6.07, 6.45) is -3.32. The Hall–Kier alpha value is -3.90. The summed E-state index contributed by atoms with van der Waals surface area (Å²) in [4.78, 5) is 16.4. The van der Waals surface area contributed by atoms with Crippen LogP contribution in [0.3, 0.4) is 0 Å². The number of benzene rings is 2. The molecule has 0 fully saturated rings. The van der Waals surface area contributed by atoms with Crippen molar-refractivity contribution >= 4 is 46.7 Å². The molecule has 8 nitrogen and oxygen atoms in total. The van der Waals surface area contributed by atoms with E-state index in [2.05, 4.69) is 40.8 Å². The van der Waals surface area contributed by atoms with Crippen molar-refractivity contribution in [3.05, 3.63) is 93.5 Å². The van der Waals surface area contributed by atoms with E-state index in [-0.39, 0.29) is 36.6 Å². The number of alkyl halides is 3. The van der Waals surface area contributed by atoms with E-state index in [9.17, 15) is 17.6 Å². The van der Waals surface area contributed by atoms with Gasteiger partial charge in [0.1, 0.15) is 11.0 Å². The minimum atomic E-state index is -4.88. The van der Waals surface area contributed by atoms with Gasteiger partial charge in [-0.25, -0.2) is 9.37 Å². The van der Waals surface area contributed by atoms with E-state index in [1.165, 1.54) is 0 Å². The lowest BCUT2D eigenvalue weighted by molar-refractivity contribution is -0.139. The summed E-state index contributed by atoms with van der Waals surface area (Å²) in [7, 11) is 0. The number of nitrogens with one attached hydrogen (secondary N) is 2. The van der Waals surface area contributed by atoms with Crippen LogP contribution < -0.4 is 10.6 Å². The third-order valence-corrected chi connectivity index (χ3v) is 5.34. The average molecular weight is 551 g/mol. The molecule has 0 radical (unpaired) electrons. The van der Waals surface area contributed by atoms with E-state index in [0.29, 0.717) is 22.3 Å². The topological polar surface area (TPSA) is 100 Å². The van der Waals surface area contributed by atoms with Crippen molar-refractivity contribution in [2.24, 2.45) is 10.2 Å². The molecule has 0 bridgehead atoms. The molecule has 0 aliphatic heterocycles. The highest BCUT2D eigenvalue weighted by molar-refractivity contribution is 6.31. The van der Waals surface area contributed by atoms with Crippen molar-refractivity contribution in [1.82, 2.24) is 19.9 Å². The highest BCUT2D eigenvalue weighted by atomic mass is 35.5. The zero-order chi connectivity index (χ0) is 26.4. The van der Waals surface area contributed by atoms with Gasteiger partial charge in [0.05, 0.1) is 12.1 Å². The Bertz CT molecular complexity index is 1420. The normalized spacial score (nSPS) is 11.6. The maximum Gasteiger partial charge on any atom is 0.419 e. The first-order chi connectivity index (χ1) is 17.7. The first kappa shape index (κ1) is 26.2. The quantitative estimate of drug-likeness (QED) is 0.135. The van der Waals surface area contributed by atoms with Gasteiger partial charge in [-0.2, -0.15) is 33.2 Å². The molecule has 0 atom stereocenters. The number of hydrogen-bond acceptors (Lipinski definition) is 8. The molecule has 4 aromatic rings. The molecule has 0 saturated carbocycles. The van der Waals surface area contributed by atoms with Crippen LogP contribution in [0.15, 0.2) is 71.0 Å². The number of nitrogens with zero attached hydrogens (tertiary/aromatic N) is 6. The third kappa shape index (κ3) is 7.30. The molecule has 2 aromatic carbocycles. The van der Waals surface area contributed by atoms with Gasteiger partial charge >= 0.3 is 6.18 Å². The Morgan fingerprint density at radius 2 is 1.70 bits per heavy atom. The molecule has 0 amide bonds. The predicted octanol–water partition coefficient (Wildman–Crippen LogP) is 7.37. The number of anilines is 3. The summed E-state index contributed by atoms with van der Waals surface area (Å²) in [5.41, 5.74) is -0.0407. The lowest BCUT2D eigenvalue weighted by Gasteiger charge is -2.12. The van der Waals surface area contributed by atoms with Gasteiger partial charge in [0.25, 0.3) is 5.95 Å². The van der Waals surface area contributed by atoms with Crippen molar-refractivity contribution in [3.8, 4) is 0 Å². The van der Waals surface area contributed by atoms with Crippen LogP contribution in [-0.4, -0.2) is 19.9 Å². The summed E-state index contributed by atoms with van der Waals surface area (Å²) in [5, 5.41) is 14.5. The van der Waals surface area contributed by atoms with Gasteiger partial charge in [-0.3, -0.25) is 0 Å². The van der Waals surface area contributed by atoms with Crippen LogP contribution in [0, 0.1) is 5.82 Å². The molecule has 37 heavy (non-hydrogen) atoms. The fourth-order valence-electron chi connectivity index (χ4n) is 2.99. The minimum Gasteiger partial charge on any atom is -0.350 e. The predicted molar refractivity (Wildman–Crippen MR) is 131 cm³/mol. The van der Waals surface area contributed by atoms with Crippen LogP contribution in [0.1, 0.15) is 16.7 Å². The first-order valence-corrected chi connectivity index (χ1v) is 11.3. The van der Waals surface area contributed by atoms with Gasteiger partial charge in [-0.05, 0) is 41.5 Å². The summed E-state index contributed by atoms with van der Waals surface area (Å²) in [6.45, 7) is 0.388. The van der Waals surface area contributed by atoms with Gasteiger partial charge in [0, 0.05) is 23.5 Å². The summed E-state index contributed by atoms with van der Waals surface area (Å²) in [6, 6.07) is 12.9. The van der Waals surface area contributed by atoms with Crippen molar-refractivity contribution < 1.29 is 17.6 Å². The number of hydrogen-bond donors (Lipinski definition) is 2. The Morgan fingerprint density at radius 1 is 0.919 bits per heavy atom. The van der Waals surface area contributed by atoms with E-state index in [1.807, 2.05) is 0 Å². The number of halogens is 6. The molecule has 0 aliphatic carbocycles. The number of azo groups is 1. The molecule has 2 N–H and O–H groups in total. The maximum atomic E-state index is 13.7. The molecular formula is C23H16Cl2F4N8. The number of rotatable bonds is 8. The largest absolute Gasteiger partial charge is 0.419 e. The summed E-state index contributed by atoms with van der Waals surface area (Å²) in [5.74, 6) is -1.61. The van der Waals surface area contributed by atoms with E-state index in [1.54, 1.807) is 42.6 Å². The molecule has 0 spiro atoms. The van der Waals surface area contributed by atoms with Gasteiger partial charge in [-0.1, -0.05) is 47.5 Å². The first-order valence-electron chi connectivity index (χ1n) is 10.5. The second-order valence-electron chi connectivity index (χ2n) is 7.43. The Balaban J connectivity index is 1.60. The van der Waals surface area contributed by atoms with Crippen LogP contribution in [0.5, 0.6) is 0 Å². The molecule has 2 heterocycles. The van der Waals surface area contributed by atoms with E-state index >= 15 is 0 Å². The number of pyridine rings is 1. The van der Waals surface area contributed by atoms with E-state index in [0.717, 1.165) is 17.2 Å².